The predicted octanol–water partition coefficient (Wildman–Crippen LogP) is 2.43. The van der Waals surface area contributed by atoms with Crippen molar-refractivity contribution >= 4 is 11.7 Å². The average Bonchev–Trinajstić information content (AvgIpc) is 2.44. The van der Waals surface area contributed by atoms with E-state index in [-0.39, 0.29) is 17.6 Å². The molecule has 0 amide bonds. The second-order valence-corrected chi connectivity index (χ2v) is 4.86. The maximum Gasteiger partial charge on any atom is 0.340 e. The van der Waals surface area contributed by atoms with Crippen molar-refractivity contribution in [1.82, 2.24) is 0 Å². The number of halogens is 1. The lowest BCUT2D eigenvalue weighted by molar-refractivity contribution is 0.0601. The molecule has 0 fully saturated rings. The monoisotopic (exact) mass is 269 g/mol. The fourth-order valence-electron chi connectivity index (χ4n) is 1.55. The summed E-state index contributed by atoms with van der Waals surface area (Å²) < 4.78 is 17.8. The summed E-state index contributed by atoms with van der Waals surface area (Å²) in [5.41, 5.74) is 0.363. The van der Waals surface area contributed by atoms with Gasteiger partial charge in [0.25, 0.3) is 0 Å². The lowest BCUT2D eigenvalue weighted by Gasteiger charge is -2.26. The Morgan fingerprint density at radius 3 is 2.74 bits per heavy atom. The fourth-order valence-corrected chi connectivity index (χ4v) is 1.55. The van der Waals surface area contributed by atoms with Gasteiger partial charge in [-0.2, -0.15) is 0 Å². The van der Waals surface area contributed by atoms with Gasteiger partial charge < -0.3 is 15.2 Å². The summed E-state index contributed by atoms with van der Waals surface area (Å²) in [6, 6.07) is 3.91. The Labute approximate surface area is 112 Å². The van der Waals surface area contributed by atoms with Gasteiger partial charge in [0.1, 0.15) is 5.82 Å². The molecule has 1 aromatic rings. The standard InChI is InChI=1S/C14H20FNO3/c1-4-14(2,9-17)8-16-12-6-5-10(15)7-11(12)13(18)19-3/h5-7,16-17H,4,8-9H2,1-3H3. The molecular formula is C14H20FNO3. The quantitative estimate of drug-likeness (QED) is 0.779. The number of esters is 1. The lowest BCUT2D eigenvalue weighted by Crippen LogP contribution is -2.30. The summed E-state index contributed by atoms with van der Waals surface area (Å²) in [6.07, 6.45) is 0.783. The first-order chi connectivity index (χ1) is 8.95. The molecule has 0 aliphatic carbocycles. The van der Waals surface area contributed by atoms with Crippen molar-refractivity contribution in [1.29, 1.82) is 0 Å². The van der Waals surface area contributed by atoms with Gasteiger partial charge in [-0.15, -0.1) is 0 Å². The molecule has 0 radical (unpaired) electrons. The van der Waals surface area contributed by atoms with Gasteiger partial charge in [-0.3, -0.25) is 0 Å². The number of ether oxygens (including phenoxy) is 1. The molecule has 2 N–H and O–H groups in total. The maximum absolute atomic E-state index is 13.2. The third-order valence-corrected chi connectivity index (χ3v) is 3.33. The summed E-state index contributed by atoms with van der Waals surface area (Å²) in [6.45, 7) is 4.42. The van der Waals surface area contributed by atoms with E-state index in [1.165, 1.54) is 19.2 Å². The van der Waals surface area contributed by atoms with Crippen molar-refractivity contribution < 1.29 is 19.0 Å². The van der Waals surface area contributed by atoms with E-state index in [1.807, 2.05) is 13.8 Å². The number of aliphatic hydroxyl groups excluding tert-OH is 1. The van der Waals surface area contributed by atoms with Crippen LogP contribution < -0.4 is 5.32 Å². The van der Waals surface area contributed by atoms with Crippen LogP contribution in [0.1, 0.15) is 30.6 Å². The van der Waals surface area contributed by atoms with Crippen LogP contribution in [0.25, 0.3) is 0 Å². The van der Waals surface area contributed by atoms with Gasteiger partial charge in [-0.1, -0.05) is 13.8 Å². The van der Waals surface area contributed by atoms with E-state index in [2.05, 4.69) is 10.1 Å². The van der Waals surface area contributed by atoms with Crippen LogP contribution in [0.15, 0.2) is 18.2 Å². The minimum absolute atomic E-state index is 0.0330. The largest absolute Gasteiger partial charge is 0.465 e. The summed E-state index contributed by atoms with van der Waals surface area (Å²) in [5.74, 6) is -1.09. The van der Waals surface area contributed by atoms with Gasteiger partial charge >= 0.3 is 5.97 Å². The van der Waals surface area contributed by atoms with E-state index < -0.39 is 11.8 Å². The third kappa shape index (κ3) is 3.92. The molecule has 0 spiro atoms. The number of hydrogen-bond donors (Lipinski definition) is 2. The molecule has 0 aliphatic rings. The van der Waals surface area contributed by atoms with Crippen LogP contribution in [0.5, 0.6) is 0 Å². The lowest BCUT2D eigenvalue weighted by atomic mass is 9.88. The van der Waals surface area contributed by atoms with Crippen LogP contribution in [0.4, 0.5) is 10.1 Å². The van der Waals surface area contributed by atoms with Crippen molar-refractivity contribution in [3.8, 4) is 0 Å². The first kappa shape index (κ1) is 15.4. The highest BCUT2D eigenvalue weighted by Gasteiger charge is 2.22. The zero-order valence-electron chi connectivity index (χ0n) is 11.5. The Hall–Kier alpha value is -1.62. The number of methoxy groups -OCH3 is 1. The van der Waals surface area contributed by atoms with Gasteiger partial charge in [-0.25, -0.2) is 9.18 Å². The molecule has 0 bridgehead atoms. The third-order valence-electron chi connectivity index (χ3n) is 3.33. The zero-order chi connectivity index (χ0) is 14.5. The smallest absolute Gasteiger partial charge is 0.340 e. The van der Waals surface area contributed by atoms with Crippen molar-refractivity contribution in [2.45, 2.75) is 20.3 Å². The number of aliphatic hydroxyl groups is 1. The van der Waals surface area contributed by atoms with E-state index in [0.717, 1.165) is 12.5 Å². The van der Waals surface area contributed by atoms with E-state index in [1.54, 1.807) is 0 Å². The summed E-state index contributed by atoms with van der Waals surface area (Å²) in [5, 5.41) is 12.4. The zero-order valence-corrected chi connectivity index (χ0v) is 11.5. The normalized spacial score (nSPS) is 13.7. The van der Waals surface area contributed by atoms with E-state index >= 15 is 0 Å². The Balaban J connectivity index is 2.92. The highest BCUT2D eigenvalue weighted by Crippen LogP contribution is 2.23. The van der Waals surface area contributed by atoms with Gasteiger partial charge in [-0.05, 0) is 24.6 Å². The molecule has 106 valence electrons. The SMILES string of the molecule is CCC(C)(CO)CNc1ccc(F)cc1C(=O)OC. The predicted molar refractivity (Wildman–Crippen MR) is 71.7 cm³/mol. The number of benzene rings is 1. The highest BCUT2D eigenvalue weighted by atomic mass is 19.1. The Morgan fingerprint density at radius 1 is 1.53 bits per heavy atom. The van der Waals surface area contributed by atoms with Crippen LogP contribution in [-0.4, -0.2) is 31.3 Å². The summed E-state index contributed by atoms with van der Waals surface area (Å²) in [4.78, 5) is 11.6. The van der Waals surface area contributed by atoms with Crippen molar-refractivity contribution in [3.05, 3.63) is 29.6 Å². The van der Waals surface area contributed by atoms with Crippen LogP contribution in [0, 0.1) is 11.2 Å². The first-order valence-corrected chi connectivity index (χ1v) is 6.18. The molecule has 1 aromatic carbocycles. The molecule has 5 heteroatoms. The highest BCUT2D eigenvalue weighted by molar-refractivity contribution is 5.95. The molecule has 4 nitrogen and oxygen atoms in total. The summed E-state index contributed by atoms with van der Waals surface area (Å²) in [7, 11) is 1.25. The van der Waals surface area contributed by atoms with Gasteiger partial charge in [0, 0.05) is 17.6 Å². The number of anilines is 1. The molecular weight excluding hydrogens is 249 g/mol. The van der Waals surface area contributed by atoms with Crippen LogP contribution >= 0.6 is 0 Å². The van der Waals surface area contributed by atoms with Crippen LogP contribution in [0.3, 0.4) is 0 Å². The molecule has 0 aliphatic heterocycles. The number of rotatable bonds is 6. The maximum atomic E-state index is 13.2. The minimum atomic E-state index is -0.593. The number of nitrogens with one attached hydrogen (secondary N) is 1. The summed E-state index contributed by atoms with van der Waals surface area (Å²) >= 11 is 0. The molecule has 1 atom stereocenters. The molecule has 0 saturated carbocycles. The van der Waals surface area contributed by atoms with Gasteiger partial charge in [0.2, 0.25) is 0 Å². The van der Waals surface area contributed by atoms with Crippen molar-refractivity contribution in [2.24, 2.45) is 5.41 Å². The molecule has 0 aromatic heterocycles. The molecule has 0 saturated heterocycles. The molecule has 19 heavy (non-hydrogen) atoms. The molecule has 1 unspecified atom stereocenters. The van der Waals surface area contributed by atoms with Gasteiger partial charge in [0.15, 0.2) is 0 Å². The topological polar surface area (TPSA) is 58.6 Å². The Bertz CT molecular complexity index is 444. The van der Waals surface area contributed by atoms with Crippen molar-refractivity contribution in [3.63, 3.8) is 0 Å². The van der Waals surface area contributed by atoms with E-state index in [9.17, 15) is 14.3 Å². The number of carbonyl (C=O) groups is 1. The minimum Gasteiger partial charge on any atom is -0.465 e. The van der Waals surface area contributed by atoms with Crippen molar-refractivity contribution in [2.75, 3.05) is 25.6 Å². The molecule has 0 heterocycles. The number of hydrogen-bond acceptors (Lipinski definition) is 4. The van der Waals surface area contributed by atoms with E-state index in [0.29, 0.717) is 12.2 Å². The Morgan fingerprint density at radius 2 is 2.21 bits per heavy atom. The Kier molecular flexibility index (Phi) is 5.30. The van der Waals surface area contributed by atoms with Gasteiger partial charge in [0.05, 0.1) is 19.3 Å². The average molecular weight is 269 g/mol. The first-order valence-electron chi connectivity index (χ1n) is 6.18. The van der Waals surface area contributed by atoms with Crippen LogP contribution in [-0.2, 0) is 4.74 Å². The van der Waals surface area contributed by atoms with E-state index in [4.69, 9.17) is 0 Å². The fraction of sp³-hybridized carbons (Fsp3) is 0.500. The van der Waals surface area contributed by atoms with Crippen LogP contribution in [0.2, 0.25) is 0 Å². The second kappa shape index (κ2) is 6.52. The molecule has 1 rings (SSSR count). The second-order valence-electron chi connectivity index (χ2n) is 4.86. The number of carbonyl (C=O) groups excluding carboxylic acids is 1.